The number of rotatable bonds is 4. The number of hydrazone groups is 1. The molecule has 34 heavy (non-hydrogen) atoms. The van der Waals surface area contributed by atoms with Gasteiger partial charge in [0.2, 0.25) is 0 Å². The number of H-pyrrole nitrogens is 1. The molecule has 7 heteroatoms. The summed E-state index contributed by atoms with van der Waals surface area (Å²) in [6.07, 6.45) is 3.09. The molecule has 1 aliphatic rings. The predicted octanol–water partition coefficient (Wildman–Crippen LogP) is 5.10. The van der Waals surface area contributed by atoms with Gasteiger partial charge in [0.05, 0.1) is 29.0 Å². The Bertz CT molecular complexity index is 1630. The van der Waals surface area contributed by atoms with Crippen LogP contribution in [0.3, 0.4) is 0 Å². The van der Waals surface area contributed by atoms with Crippen molar-refractivity contribution in [3.05, 3.63) is 111 Å². The number of aromatic nitrogens is 3. The van der Waals surface area contributed by atoms with E-state index in [9.17, 15) is 4.79 Å². The van der Waals surface area contributed by atoms with Gasteiger partial charge in [0.15, 0.2) is 0 Å². The lowest BCUT2D eigenvalue weighted by atomic mass is 9.91. The third-order valence-electron chi connectivity index (χ3n) is 6.52. The maximum Gasteiger partial charge on any atom is 0.257 e. The van der Waals surface area contributed by atoms with Crippen molar-refractivity contribution in [3.63, 3.8) is 0 Å². The molecule has 2 N–H and O–H groups in total. The number of hydrogen-bond acceptors (Lipinski definition) is 4. The topological polar surface area (TPSA) is 75.1 Å². The van der Waals surface area contributed by atoms with Crippen molar-refractivity contribution in [2.24, 2.45) is 12.1 Å². The number of pyridine rings is 1. The maximum atomic E-state index is 13.3. The van der Waals surface area contributed by atoms with Crippen molar-refractivity contribution in [1.82, 2.24) is 20.2 Å². The Balaban J connectivity index is 1.43. The van der Waals surface area contributed by atoms with E-state index < -0.39 is 0 Å². The average molecular weight is 468 g/mol. The van der Waals surface area contributed by atoms with Gasteiger partial charge in [-0.25, -0.2) is 0 Å². The van der Waals surface area contributed by atoms with Gasteiger partial charge in [-0.3, -0.25) is 9.48 Å². The van der Waals surface area contributed by atoms with Gasteiger partial charge < -0.3 is 10.4 Å². The molecule has 2 aromatic heterocycles. The van der Waals surface area contributed by atoms with Crippen molar-refractivity contribution in [2.75, 3.05) is 0 Å². The second kappa shape index (κ2) is 8.15. The van der Waals surface area contributed by atoms with Crippen LogP contribution in [-0.4, -0.2) is 20.5 Å². The molecule has 1 aliphatic heterocycles. The Morgan fingerprint density at radius 1 is 1.09 bits per heavy atom. The largest absolute Gasteiger partial charge is 0.321 e. The Morgan fingerprint density at radius 2 is 1.94 bits per heavy atom. The molecule has 0 aliphatic carbocycles. The second-order valence-electron chi connectivity index (χ2n) is 8.69. The van der Waals surface area contributed by atoms with Crippen LogP contribution in [0.5, 0.6) is 0 Å². The molecular formula is C27H22ClN5O. The SMILES string of the molecule is Cn1ncc2cc(C3CC(c4c(Cc5ccccc5)c5cc(Cl)ccc5[nH]c4=O)=NN3)ccc21. The Labute approximate surface area is 200 Å². The Kier molecular flexibility index (Phi) is 4.96. The smallest absolute Gasteiger partial charge is 0.257 e. The fourth-order valence-electron chi connectivity index (χ4n) is 4.81. The molecule has 6 nitrogen and oxygen atoms in total. The van der Waals surface area contributed by atoms with Crippen LogP contribution in [0, 0.1) is 0 Å². The van der Waals surface area contributed by atoms with Crippen LogP contribution in [0.1, 0.15) is 34.7 Å². The molecule has 168 valence electrons. The van der Waals surface area contributed by atoms with Crippen LogP contribution in [0.4, 0.5) is 0 Å². The molecule has 5 aromatic rings. The average Bonchev–Trinajstić information content (AvgIpc) is 3.47. The monoisotopic (exact) mass is 467 g/mol. The first kappa shape index (κ1) is 20.7. The van der Waals surface area contributed by atoms with Crippen LogP contribution < -0.4 is 11.0 Å². The summed E-state index contributed by atoms with van der Waals surface area (Å²) in [6, 6.07) is 22.0. The third-order valence-corrected chi connectivity index (χ3v) is 6.76. The first-order valence-electron chi connectivity index (χ1n) is 11.2. The van der Waals surface area contributed by atoms with Gasteiger partial charge in [0.25, 0.3) is 5.56 Å². The summed E-state index contributed by atoms with van der Waals surface area (Å²) < 4.78 is 1.86. The highest BCUT2D eigenvalue weighted by Gasteiger charge is 2.26. The number of nitrogens with zero attached hydrogens (tertiary/aromatic N) is 3. The number of aryl methyl sites for hydroxylation is 1. The minimum atomic E-state index is -0.135. The molecule has 0 saturated carbocycles. The van der Waals surface area contributed by atoms with Gasteiger partial charge in [-0.05, 0) is 53.4 Å². The summed E-state index contributed by atoms with van der Waals surface area (Å²) in [7, 11) is 1.93. The summed E-state index contributed by atoms with van der Waals surface area (Å²) in [6.45, 7) is 0. The minimum absolute atomic E-state index is 0.0151. The van der Waals surface area contributed by atoms with Crippen molar-refractivity contribution < 1.29 is 0 Å². The molecular weight excluding hydrogens is 446 g/mol. The molecule has 0 fully saturated rings. The summed E-state index contributed by atoms with van der Waals surface area (Å²) >= 11 is 6.36. The maximum absolute atomic E-state index is 13.3. The fourth-order valence-corrected chi connectivity index (χ4v) is 4.98. The zero-order valence-corrected chi connectivity index (χ0v) is 19.3. The Hall–Kier alpha value is -3.90. The summed E-state index contributed by atoms with van der Waals surface area (Å²) in [5.74, 6) is 0. The first-order valence-corrected chi connectivity index (χ1v) is 11.6. The van der Waals surface area contributed by atoms with E-state index in [1.165, 1.54) is 0 Å². The summed E-state index contributed by atoms with van der Waals surface area (Å²) in [5, 5.41) is 11.6. The standard InChI is InChI=1S/C27H22ClN5O/c1-33-25-10-7-17(12-18(25)15-29-33)23-14-24(32-31-23)26-21(11-16-5-3-2-4-6-16)20-13-19(28)8-9-22(20)30-27(26)34/h2-10,12-13,15,23,31H,11,14H2,1H3,(H,30,34). The summed E-state index contributed by atoms with van der Waals surface area (Å²) in [5.41, 5.74) is 9.53. The highest BCUT2D eigenvalue weighted by Crippen LogP contribution is 2.30. The highest BCUT2D eigenvalue weighted by atomic mass is 35.5. The van der Waals surface area contributed by atoms with Crippen molar-refractivity contribution >= 4 is 39.1 Å². The number of nitrogens with one attached hydrogen (secondary N) is 2. The molecule has 6 rings (SSSR count). The first-order chi connectivity index (χ1) is 16.6. The van der Waals surface area contributed by atoms with E-state index in [2.05, 4.69) is 50.9 Å². The van der Waals surface area contributed by atoms with Gasteiger partial charge >= 0.3 is 0 Å². The van der Waals surface area contributed by atoms with E-state index >= 15 is 0 Å². The van der Waals surface area contributed by atoms with E-state index in [1.54, 1.807) is 6.07 Å². The quantitative estimate of drug-likeness (QED) is 0.386. The van der Waals surface area contributed by atoms with E-state index in [-0.39, 0.29) is 11.6 Å². The zero-order chi connectivity index (χ0) is 23.2. The second-order valence-corrected chi connectivity index (χ2v) is 9.13. The van der Waals surface area contributed by atoms with Gasteiger partial charge in [-0.1, -0.05) is 48.0 Å². The zero-order valence-electron chi connectivity index (χ0n) is 18.5. The molecule has 3 heterocycles. The van der Waals surface area contributed by atoms with E-state index in [0.29, 0.717) is 23.4 Å². The van der Waals surface area contributed by atoms with E-state index in [0.717, 1.165) is 44.2 Å². The lowest BCUT2D eigenvalue weighted by Crippen LogP contribution is -2.21. The van der Waals surface area contributed by atoms with E-state index in [1.807, 2.05) is 48.3 Å². The van der Waals surface area contributed by atoms with Crippen molar-refractivity contribution in [2.45, 2.75) is 18.9 Å². The number of aromatic amines is 1. The van der Waals surface area contributed by atoms with Gasteiger partial charge in [0, 0.05) is 34.8 Å². The molecule has 0 bridgehead atoms. The number of benzene rings is 3. The fraction of sp³-hybridized carbons (Fsp3) is 0.148. The predicted molar refractivity (Wildman–Crippen MR) is 137 cm³/mol. The number of halogens is 1. The van der Waals surface area contributed by atoms with Gasteiger partial charge in [-0.2, -0.15) is 10.2 Å². The molecule has 0 spiro atoms. The van der Waals surface area contributed by atoms with Crippen LogP contribution in [0.15, 0.2) is 82.8 Å². The third kappa shape index (κ3) is 3.56. The van der Waals surface area contributed by atoms with Crippen LogP contribution in [0.2, 0.25) is 5.02 Å². The molecule has 1 unspecified atom stereocenters. The lowest BCUT2D eigenvalue weighted by molar-refractivity contribution is 0.620. The lowest BCUT2D eigenvalue weighted by Gasteiger charge is -2.14. The van der Waals surface area contributed by atoms with Gasteiger partial charge in [0.1, 0.15) is 0 Å². The van der Waals surface area contributed by atoms with Crippen LogP contribution in [-0.2, 0) is 13.5 Å². The van der Waals surface area contributed by atoms with E-state index in [4.69, 9.17) is 11.6 Å². The highest BCUT2D eigenvalue weighted by molar-refractivity contribution is 6.31. The molecule has 0 amide bonds. The summed E-state index contributed by atoms with van der Waals surface area (Å²) in [4.78, 5) is 16.4. The van der Waals surface area contributed by atoms with Crippen molar-refractivity contribution in [3.8, 4) is 0 Å². The normalized spacial score (nSPS) is 15.6. The van der Waals surface area contributed by atoms with Gasteiger partial charge in [-0.15, -0.1) is 0 Å². The molecule has 1 atom stereocenters. The molecule has 0 radical (unpaired) electrons. The van der Waals surface area contributed by atoms with Crippen molar-refractivity contribution in [1.29, 1.82) is 0 Å². The molecule has 3 aromatic carbocycles. The number of hydrogen-bond donors (Lipinski definition) is 2. The minimum Gasteiger partial charge on any atom is -0.321 e. The number of fused-ring (bicyclic) bond motifs is 2. The molecule has 0 saturated heterocycles. The Morgan fingerprint density at radius 3 is 2.79 bits per heavy atom. The van der Waals surface area contributed by atoms with Crippen LogP contribution in [0.25, 0.3) is 21.8 Å². The van der Waals surface area contributed by atoms with Crippen LogP contribution >= 0.6 is 11.6 Å².